The van der Waals surface area contributed by atoms with Crippen molar-refractivity contribution in [3.8, 4) is 0 Å². The van der Waals surface area contributed by atoms with Crippen LogP contribution in [0.1, 0.15) is 6.92 Å². The van der Waals surface area contributed by atoms with Gasteiger partial charge < -0.3 is 15.8 Å². The molecule has 0 aliphatic rings. The summed E-state index contributed by atoms with van der Waals surface area (Å²) in [6, 6.07) is 0.170. The molecule has 0 bridgehead atoms. The first-order valence-electron chi connectivity index (χ1n) is 4.06. The number of aromatic nitrogens is 2. The lowest BCUT2D eigenvalue weighted by atomic mass is 10.3. The molecule has 1 aromatic rings. The van der Waals surface area contributed by atoms with Crippen LogP contribution in [0.4, 0.5) is 11.6 Å². The number of rotatable bonds is 4. The summed E-state index contributed by atoms with van der Waals surface area (Å²) in [5.74, 6) is 1.01. The molecule has 1 atom stereocenters. The van der Waals surface area contributed by atoms with Gasteiger partial charge in [-0.2, -0.15) is 0 Å². The minimum absolute atomic E-state index is 0.170. The van der Waals surface area contributed by atoms with Crippen molar-refractivity contribution in [1.29, 1.82) is 0 Å². The summed E-state index contributed by atoms with van der Waals surface area (Å²) in [7, 11) is 1.65. The van der Waals surface area contributed by atoms with Gasteiger partial charge in [-0.15, -0.1) is 0 Å². The lowest BCUT2D eigenvalue weighted by Crippen LogP contribution is -2.22. The van der Waals surface area contributed by atoms with E-state index in [-0.39, 0.29) is 6.04 Å². The highest BCUT2D eigenvalue weighted by atomic mass is 16.5. The standard InChI is InChI=1S/C8H14N4O/c1-6(5-13-2)12-8-7(9)10-3-4-11-8/h3-4,6H,5H2,1-2H3,(H2,9,10)(H,11,12)/t6-/m1/s1. The monoisotopic (exact) mass is 182 g/mol. The summed E-state index contributed by atoms with van der Waals surface area (Å²) in [5, 5.41) is 3.09. The van der Waals surface area contributed by atoms with Gasteiger partial charge in [0.25, 0.3) is 0 Å². The fraction of sp³-hybridized carbons (Fsp3) is 0.500. The molecule has 0 aliphatic heterocycles. The third-order valence-electron chi connectivity index (χ3n) is 1.53. The summed E-state index contributed by atoms with van der Waals surface area (Å²) in [6.07, 6.45) is 3.15. The van der Waals surface area contributed by atoms with Crippen LogP contribution in [0.2, 0.25) is 0 Å². The van der Waals surface area contributed by atoms with E-state index in [2.05, 4.69) is 15.3 Å². The number of hydrogen-bond acceptors (Lipinski definition) is 5. The first kappa shape index (κ1) is 9.73. The molecule has 0 aliphatic carbocycles. The van der Waals surface area contributed by atoms with Crippen molar-refractivity contribution in [2.75, 3.05) is 24.8 Å². The molecule has 0 saturated heterocycles. The molecule has 0 amide bonds. The number of nitrogens with zero attached hydrogens (tertiary/aromatic N) is 2. The average Bonchev–Trinajstić information content (AvgIpc) is 2.09. The van der Waals surface area contributed by atoms with E-state index in [1.807, 2.05) is 6.92 Å². The van der Waals surface area contributed by atoms with Gasteiger partial charge in [-0.3, -0.25) is 0 Å². The Labute approximate surface area is 77.3 Å². The SMILES string of the molecule is COC[C@@H](C)Nc1nccnc1N. The van der Waals surface area contributed by atoms with Gasteiger partial charge in [-0.1, -0.05) is 0 Å². The first-order valence-corrected chi connectivity index (χ1v) is 4.06. The number of anilines is 2. The minimum Gasteiger partial charge on any atom is -0.383 e. The van der Waals surface area contributed by atoms with Crippen molar-refractivity contribution in [2.45, 2.75) is 13.0 Å². The van der Waals surface area contributed by atoms with Crippen LogP contribution in [0, 0.1) is 0 Å². The molecule has 1 rings (SSSR count). The second kappa shape index (κ2) is 4.61. The molecule has 1 heterocycles. The first-order chi connectivity index (χ1) is 6.24. The van der Waals surface area contributed by atoms with Gasteiger partial charge in [0.05, 0.1) is 6.61 Å². The van der Waals surface area contributed by atoms with Crippen molar-refractivity contribution in [1.82, 2.24) is 9.97 Å². The normalized spacial score (nSPS) is 12.5. The summed E-state index contributed by atoms with van der Waals surface area (Å²) in [4.78, 5) is 7.95. The van der Waals surface area contributed by atoms with Crippen LogP contribution >= 0.6 is 0 Å². The van der Waals surface area contributed by atoms with Crippen LogP contribution in [-0.2, 0) is 4.74 Å². The Hall–Kier alpha value is -1.36. The molecule has 5 nitrogen and oxygen atoms in total. The predicted molar refractivity (Wildman–Crippen MR) is 51.4 cm³/mol. The van der Waals surface area contributed by atoms with E-state index in [0.717, 1.165) is 0 Å². The Bertz CT molecular complexity index is 266. The molecular formula is C8H14N4O. The van der Waals surface area contributed by atoms with E-state index in [9.17, 15) is 0 Å². The van der Waals surface area contributed by atoms with Crippen LogP contribution in [0.3, 0.4) is 0 Å². The Balaban J connectivity index is 2.58. The molecular weight excluding hydrogens is 168 g/mol. The molecule has 1 aromatic heterocycles. The quantitative estimate of drug-likeness (QED) is 0.709. The molecule has 3 N–H and O–H groups in total. The van der Waals surface area contributed by atoms with Crippen molar-refractivity contribution < 1.29 is 4.74 Å². The molecule has 0 aromatic carbocycles. The van der Waals surface area contributed by atoms with E-state index in [1.54, 1.807) is 19.5 Å². The topological polar surface area (TPSA) is 73.1 Å². The van der Waals surface area contributed by atoms with Gasteiger partial charge in [-0.25, -0.2) is 9.97 Å². The highest BCUT2D eigenvalue weighted by Crippen LogP contribution is 2.10. The van der Waals surface area contributed by atoms with Crippen molar-refractivity contribution in [2.24, 2.45) is 0 Å². The maximum Gasteiger partial charge on any atom is 0.169 e. The third-order valence-corrected chi connectivity index (χ3v) is 1.53. The van der Waals surface area contributed by atoms with Crippen molar-refractivity contribution >= 4 is 11.6 Å². The van der Waals surface area contributed by atoms with Crippen LogP contribution in [0.5, 0.6) is 0 Å². The van der Waals surface area contributed by atoms with Crippen LogP contribution in [-0.4, -0.2) is 29.7 Å². The second-order valence-corrected chi connectivity index (χ2v) is 2.79. The smallest absolute Gasteiger partial charge is 0.169 e. The van der Waals surface area contributed by atoms with Crippen LogP contribution in [0.25, 0.3) is 0 Å². The van der Waals surface area contributed by atoms with Gasteiger partial charge in [0.2, 0.25) is 0 Å². The highest BCUT2D eigenvalue weighted by molar-refractivity contribution is 5.55. The number of methoxy groups -OCH3 is 1. The van der Waals surface area contributed by atoms with Gasteiger partial charge in [0.1, 0.15) is 0 Å². The predicted octanol–water partition coefficient (Wildman–Crippen LogP) is 0.506. The number of ether oxygens (including phenoxy) is 1. The largest absolute Gasteiger partial charge is 0.383 e. The molecule has 0 radical (unpaired) electrons. The molecule has 0 unspecified atom stereocenters. The van der Waals surface area contributed by atoms with Crippen LogP contribution < -0.4 is 11.1 Å². The fourth-order valence-corrected chi connectivity index (χ4v) is 0.985. The van der Waals surface area contributed by atoms with Gasteiger partial charge in [0.15, 0.2) is 11.6 Å². The summed E-state index contributed by atoms with van der Waals surface area (Å²) < 4.78 is 4.96. The lowest BCUT2D eigenvalue weighted by molar-refractivity contribution is 0.190. The molecule has 0 fully saturated rings. The summed E-state index contributed by atoms with van der Waals surface area (Å²) >= 11 is 0. The van der Waals surface area contributed by atoms with E-state index < -0.39 is 0 Å². The zero-order chi connectivity index (χ0) is 9.68. The van der Waals surface area contributed by atoms with E-state index in [0.29, 0.717) is 18.2 Å². The van der Waals surface area contributed by atoms with Crippen molar-refractivity contribution in [3.63, 3.8) is 0 Å². The van der Waals surface area contributed by atoms with E-state index >= 15 is 0 Å². The molecule has 0 saturated carbocycles. The maximum atomic E-state index is 5.59. The summed E-state index contributed by atoms with van der Waals surface area (Å²) in [5.41, 5.74) is 5.59. The third kappa shape index (κ3) is 2.87. The zero-order valence-electron chi connectivity index (χ0n) is 7.82. The van der Waals surface area contributed by atoms with Crippen molar-refractivity contribution in [3.05, 3.63) is 12.4 Å². The van der Waals surface area contributed by atoms with Crippen LogP contribution in [0.15, 0.2) is 12.4 Å². The van der Waals surface area contributed by atoms with E-state index in [1.165, 1.54) is 0 Å². The molecule has 13 heavy (non-hydrogen) atoms. The molecule has 72 valence electrons. The number of nitrogen functional groups attached to an aromatic ring is 1. The van der Waals surface area contributed by atoms with Gasteiger partial charge in [0, 0.05) is 25.5 Å². The Morgan fingerprint density at radius 1 is 1.54 bits per heavy atom. The molecule has 0 spiro atoms. The van der Waals surface area contributed by atoms with Gasteiger partial charge in [-0.05, 0) is 6.92 Å². The fourth-order valence-electron chi connectivity index (χ4n) is 0.985. The highest BCUT2D eigenvalue weighted by Gasteiger charge is 2.04. The lowest BCUT2D eigenvalue weighted by Gasteiger charge is -2.13. The minimum atomic E-state index is 0.170. The zero-order valence-corrected chi connectivity index (χ0v) is 7.82. The summed E-state index contributed by atoms with van der Waals surface area (Å²) in [6.45, 7) is 2.59. The Morgan fingerprint density at radius 3 is 2.85 bits per heavy atom. The van der Waals surface area contributed by atoms with E-state index in [4.69, 9.17) is 10.5 Å². The number of hydrogen-bond donors (Lipinski definition) is 2. The Kier molecular flexibility index (Phi) is 3.45. The molecule has 5 heteroatoms. The Morgan fingerprint density at radius 2 is 2.23 bits per heavy atom. The second-order valence-electron chi connectivity index (χ2n) is 2.79. The number of nitrogens with one attached hydrogen (secondary N) is 1. The average molecular weight is 182 g/mol. The maximum absolute atomic E-state index is 5.59. The number of nitrogens with two attached hydrogens (primary N) is 1. The van der Waals surface area contributed by atoms with Gasteiger partial charge >= 0.3 is 0 Å².